The van der Waals surface area contributed by atoms with Gasteiger partial charge in [-0.2, -0.15) is 0 Å². The number of nitrogens with one attached hydrogen (secondary N) is 1. The summed E-state index contributed by atoms with van der Waals surface area (Å²) in [6.45, 7) is 10.1. The third-order valence-corrected chi connectivity index (χ3v) is 3.34. The molecule has 0 aliphatic carbocycles. The van der Waals surface area contributed by atoms with Crippen LogP contribution in [0.15, 0.2) is 22.9 Å². The molecular formula is C15H25BrN2. The van der Waals surface area contributed by atoms with Gasteiger partial charge in [-0.15, -0.1) is 0 Å². The molecule has 3 heteroatoms. The Kier molecular flexibility index (Phi) is 6.87. The van der Waals surface area contributed by atoms with Gasteiger partial charge in [0.05, 0.1) is 0 Å². The molecule has 0 spiro atoms. The van der Waals surface area contributed by atoms with Crippen LogP contribution in [0.5, 0.6) is 0 Å². The molecule has 18 heavy (non-hydrogen) atoms. The zero-order valence-corrected chi connectivity index (χ0v) is 13.5. The van der Waals surface area contributed by atoms with Crippen molar-refractivity contribution in [3.63, 3.8) is 0 Å². The van der Waals surface area contributed by atoms with Crippen LogP contribution >= 0.6 is 15.9 Å². The average Bonchev–Trinajstić information content (AvgIpc) is 2.25. The fourth-order valence-corrected chi connectivity index (χ4v) is 2.62. The molecule has 1 unspecified atom stereocenters. The van der Waals surface area contributed by atoms with Crippen LogP contribution in [0.4, 0.5) is 0 Å². The van der Waals surface area contributed by atoms with E-state index >= 15 is 0 Å². The van der Waals surface area contributed by atoms with Gasteiger partial charge >= 0.3 is 0 Å². The van der Waals surface area contributed by atoms with Gasteiger partial charge in [0, 0.05) is 22.9 Å². The minimum atomic E-state index is 0.556. The molecule has 0 amide bonds. The van der Waals surface area contributed by atoms with Crippen molar-refractivity contribution in [2.45, 2.75) is 46.6 Å². The van der Waals surface area contributed by atoms with E-state index in [4.69, 9.17) is 0 Å². The van der Waals surface area contributed by atoms with Crippen LogP contribution in [0.3, 0.4) is 0 Å². The van der Waals surface area contributed by atoms with Gasteiger partial charge in [0.1, 0.15) is 0 Å². The summed E-state index contributed by atoms with van der Waals surface area (Å²) in [5.74, 6) is 1.42. The minimum Gasteiger partial charge on any atom is -0.314 e. The van der Waals surface area contributed by atoms with Gasteiger partial charge in [-0.1, -0.05) is 27.7 Å². The van der Waals surface area contributed by atoms with Crippen LogP contribution in [0.2, 0.25) is 0 Å². The lowest BCUT2D eigenvalue weighted by molar-refractivity contribution is 0.373. The Morgan fingerprint density at radius 3 is 2.50 bits per heavy atom. The maximum atomic E-state index is 4.24. The zero-order chi connectivity index (χ0) is 13.5. The topological polar surface area (TPSA) is 24.9 Å². The van der Waals surface area contributed by atoms with Crippen molar-refractivity contribution >= 4 is 15.9 Å². The van der Waals surface area contributed by atoms with E-state index in [2.05, 4.69) is 60.0 Å². The van der Waals surface area contributed by atoms with E-state index < -0.39 is 0 Å². The molecule has 0 saturated carbocycles. The number of halogens is 1. The predicted molar refractivity (Wildman–Crippen MR) is 81.7 cm³/mol. The number of aromatic nitrogens is 1. The Morgan fingerprint density at radius 2 is 1.94 bits per heavy atom. The third-order valence-electron chi connectivity index (χ3n) is 2.91. The molecule has 2 nitrogen and oxygen atoms in total. The summed E-state index contributed by atoms with van der Waals surface area (Å²) >= 11 is 3.49. The molecule has 102 valence electrons. The summed E-state index contributed by atoms with van der Waals surface area (Å²) in [6.07, 6.45) is 6.18. The zero-order valence-electron chi connectivity index (χ0n) is 11.9. The monoisotopic (exact) mass is 312 g/mol. The highest BCUT2D eigenvalue weighted by Crippen LogP contribution is 2.18. The van der Waals surface area contributed by atoms with Crippen molar-refractivity contribution in [3.8, 4) is 0 Å². The highest BCUT2D eigenvalue weighted by Gasteiger charge is 2.12. The first-order valence-electron chi connectivity index (χ1n) is 6.80. The van der Waals surface area contributed by atoms with E-state index in [0.29, 0.717) is 12.0 Å². The molecule has 0 aromatic carbocycles. The molecule has 0 radical (unpaired) electrons. The Hall–Kier alpha value is -0.410. The predicted octanol–water partition coefficient (Wildman–Crippen LogP) is 4.05. The van der Waals surface area contributed by atoms with Gasteiger partial charge in [-0.05, 0) is 58.8 Å². The van der Waals surface area contributed by atoms with Gasteiger partial charge in [-0.25, -0.2) is 0 Å². The van der Waals surface area contributed by atoms with Crippen LogP contribution in [0.25, 0.3) is 0 Å². The smallest absolute Gasteiger partial charge is 0.0410 e. The van der Waals surface area contributed by atoms with Crippen molar-refractivity contribution in [1.82, 2.24) is 10.3 Å². The fraction of sp³-hybridized carbons (Fsp3) is 0.667. The van der Waals surface area contributed by atoms with Crippen LogP contribution in [0.1, 0.15) is 39.7 Å². The van der Waals surface area contributed by atoms with Gasteiger partial charge in [0.25, 0.3) is 0 Å². The molecule has 0 saturated heterocycles. The van der Waals surface area contributed by atoms with Gasteiger partial charge in [0.15, 0.2) is 0 Å². The van der Waals surface area contributed by atoms with Crippen LogP contribution in [0, 0.1) is 11.8 Å². The summed E-state index contributed by atoms with van der Waals surface area (Å²) in [5.41, 5.74) is 1.32. The quantitative estimate of drug-likeness (QED) is 0.821. The largest absolute Gasteiger partial charge is 0.314 e. The Labute approximate surface area is 120 Å². The normalized spacial score (nSPS) is 13.3. The van der Waals surface area contributed by atoms with E-state index in [1.54, 1.807) is 0 Å². The molecule has 1 atom stereocenters. The van der Waals surface area contributed by atoms with Crippen LogP contribution in [-0.2, 0) is 6.42 Å². The second kappa shape index (κ2) is 7.90. The molecule has 1 aromatic heterocycles. The number of hydrogen-bond acceptors (Lipinski definition) is 2. The molecule has 0 fully saturated rings. The average molecular weight is 313 g/mol. The number of nitrogens with zero attached hydrogens (tertiary/aromatic N) is 1. The lowest BCUT2D eigenvalue weighted by Gasteiger charge is -2.21. The highest BCUT2D eigenvalue weighted by molar-refractivity contribution is 9.10. The molecule has 1 aromatic rings. The van der Waals surface area contributed by atoms with E-state index in [-0.39, 0.29) is 0 Å². The van der Waals surface area contributed by atoms with Gasteiger partial charge in [0.2, 0.25) is 0 Å². The summed E-state index contributed by atoms with van der Waals surface area (Å²) in [5, 5.41) is 3.55. The first-order chi connectivity index (χ1) is 8.47. The molecule has 0 bridgehead atoms. The van der Waals surface area contributed by atoms with Crippen LogP contribution in [-0.4, -0.2) is 17.6 Å². The maximum Gasteiger partial charge on any atom is 0.0410 e. The van der Waals surface area contributed by atoms with E-state index in [1.807, 2.05) is 12.4 Å². The summed E-state index contributed by atoms with van der Waals surface area (Å²) in [6, 6.07) is 2.73. The van der Waals surface area contributed by atoms with E-state index in [1.165, 1.54) is 12.0 Å². The third kappa shape index (κ3) is 6.50. The van der Waals surface area contributed by atoms with Gasteiger partial charge in [-0.3, -0.25) is 4.98 Å². The maximum absolute atomic E-state index is 4.24. The molecule has 0 aliphatic heterocycles. The lowest BCUT2D eigenvalue weighted by Crippen LogP contribution is -2.30. The molecule has 0 aliphatic rings. The second-order valence-corrected chi connectivity index (χ2v) is 6.69. The van der Waals surface area contributed by atoms with Crippen molar-refractivity contribution in [1.29, 1.82) is 0 Å². The van der Waals surface area contributed by atoms with Crippen molar-refractivity contribution in [2.75, 3.05) is 6.54 Å². The first kappa shape index (κ1) is 15.6. The standard InChI is InChI=1S/C15H25BrN2/c1-11(2)5-13(9-18-12(3)4)6-14-7-15(16)10-17-8-14/h7-8,10-13,18H,5-6,9H2,1-4H3. The molecular weight excluding hydrogens is 288 g/mol. The number of pyridine rings is 1. The summed E-state index contributed by atoms with van der Waals surface area (Å²) in [4.78, 5) is 4.24. The molecule has 1 heterocycles. The first-order valence-corrected chi connectivity index (χ1v) is 7.59. The summed E-state index contributed by atoms with van der Waals surface area (Å²) in [7, 11) is 0. The second-order valence-electron chi connectivity index (χ2n) is 5.77. The van der Waals surface area contributed by atoms with E-state index in [9.17, 15) is 0 Å². The molecule has 1 rings (SSSR count). The Morgan fingerprint density at radius 1 is 1.22 bits per heavy atom. The SMILES string of the molecule is CC(C)CC(CNC(C)C)Cc1cncc(Br)c1. The number of rotatable bonds is 7. The van der Waals surface area contributed by atoms with Crippen molar-refractivity contribution in [3.05, 3.63) is 28.5 Å². The highest BCUT2D eigenvalue weighted by atomic mass is 79.9. The minimum absolute atomic E-state index is 0.556. The van der Waals surface area contributed by atoms with Crippen molar-refractivity contribution in [2.24, 2.45) is 11.8 Å². The Bertz CT molecular complexity index is 350. The molecule has 1 N–H and O–H groups in total. The van der Waals surface area contributed by atoms with Crippen LogP contribution < -0.4 is 5.32 Å². The number of hydrogen-bond donors (Lipinski definition) is 1. The van der Waals surface area contributed by atoms with E-state index in [0.717, 1.165) is 23.4 Å². The summed E-state index contributed by atoms with van der Waals surface area (Å²) < 4.78 is 1.07. The lowest BCUT2D eigenvalue weighted by atomic mass is 9.91. The van der Waals surface area contributed by atoms with Crippen molar-refractivity contribution < 1.29 is 0 Å². The van der Waals surface area contributed by atoms with Gasteiger partial charge < -0.3 is 5.32 Å². The fourth-order valence-electron chi connectivity index (χ4n) is 2.21. The Balaban J connectivity index is 2.59.